The molecule has 0 bridgehead atoms. The summed E-state index contributed by atoms with van der Waals surface area (Å²) in [5, 5.41) is 13.2. The first-order valence-electron chi connectivity index (χ1n) is 7.73. The fourth-order valence-corrected chi connectivity index (χ4v) is 2.99. The van der Waals surface area contributed by atoms with Crippen molar-refractivity contribution >= 4 is 5.91 Å². The van der Waals surface area contributed by atoms with Crippen molar-refractivity contribution in [1.82, 2.24) is 5.32 Å². The van der Waals surface area contributed by atoms with Gasteiger partial charge < -0.3 is 10.4 Å². The van der Waals surface area contributed by atoms with Gasteiger partial charge in [0.05, 0.1) is 12.1 Å². The summed E-state index contributed by atoms with van der Waals surface area (Å²) in [6.07, 6.45) is 4.11. The van der Waals surface area contributed by atoms with Crippen LogP contribution in [0.25, 0.3) is 0 Å². The first kappa shape index (κ1) is 15.0. The minimum absolute atomic E-state index is 0.0647. The van der Waals surface area contributed by atoms with Crippen molar-refractivity contribution in [2.24, 2.45) is 5.92 Å². The largest absolute Gasteiger partial charge is 0.390 e. The molecule has 0 radical (unpaired) electrons. The van der Waals surface area contributed by atoms with Crippen molar-refractivity contribution < 1.29 is 9.90 Å². The predicted octanol–water partition coefficient (Wildman–Crippen LogP) is 2.98. The number of hydrogen-bond acceptors (Lipinski definition) is 2. The molecule has 20 heavy (non-hydrogen) atoms. The number of hydrogen-bond donors (Lipinski definition) is 2. The van der Waals surface area contributed by atoms with Crippen LogP contribution in [-0.4, -0.2) is 17.1 Å². The molecule has 1 unspecified atom stereocenters. The van der Waals surface area contributed by atoms with Crippen molar-refractivity contribution in [3.63, 3.8) is 0 Å². The lowest BCUT2D eigenvalue weighted by Crippen LogP contribution is -2.37. The highest BCUT2D eigenvalue weighted by atomic mass is 16.3. The van der Waals surface area contributed by atoms with Gasteiger partial charge in [0, 0.05) is 12.3 Å². The number of nitrogens with one attached hydrogen (secondary N) is 1. The quantitative estimate of drug-likeness (QED) is 0.838. The van der Waals surface area contributed by atoms with Gasteiger partial charge in [0.1, 0.15) is 0 Å². The molecule has 0 aliphatic heterocycles. The first-order valence-corrected chi connectivity index (χ1v) is 7.73. The highest BCUT2D eigenvalue weighted by Crippen LogP contribution is 2.31. The minimum Gasteiger partial charge on any atom is -0.390 e. The molecule has 2 N–H and O–H groups in total. The smallest absolute Gasteiger partial charge is 0.223 e. The van der Waals surface area contributed by atoms with Gasteiger partial charge in [-0.05, 0) is 24.0 Å². The Morgan fingerprint density at radius 1 is 1.40 bits per heavy atom. The topological polar surface area (TPSA) is 49.3 Å². The summed E-state index contributed by atoms with van der Waals surface area (Å²) in [5.41, 5.74) is 2.21. The van der Waals surface area contributed by atoms with Crippen molar-refractivity contribution in [2.75, 3.05) is 0 Å². The van der Waals surface area contributed by atoms with Crippen molar-refractivity contribution in [1.29, 1.82) is 0 Å². The predicted molar refractivity (Wildman–Crippen MR) is 80.3 cm³/mol. The number of fused-ring (bicyclic) bond motifs is 1. The van der Waals surface area contributed by atoms with Gasteiger partial charge in [0.15, 0.2) is 0 Å². The number of unbranched alkanes of at least 4 members (excludes halogenated alkanes) is 1. The van der Waals surface area contributed by atoms with Gasteiger partial charge in [-0.1, -0.05) is 51.0 Å². The van der Waals surface area contributed by atoms with Crippen LogP contribution < -0.4 is 5.32 Å². The van der Waals surface area contributed by atoms with Gasteiger partial charge in [0.25, 0.3) is 0 Å². The molecule has 110 valence electrons. The average molecular weight is 275 g/mol. The molecule has 1 aliphatic carbocycles. The summed E-state index contributed by atoms with van der Waals surface area (Å²) in [4.78, 5) is 12.4. The molecule has 2 rings (SSSR count). The van der Waals surface area contributed by atoms with Gasteiger partial charge >= 0.3 is 0 Å². The van der Waals surface area contributed by atoms with Gasteiger partial charge in [-0.2, -0.15) is 0 Å². The third-order valence-corrected chi connectivity index (χ3v) is 4.27. The van der Waals surface area contributed by atoms with Crippen LogP contribution in [0.1, 0.15) is 56.7 Å². The third kappa shape index (κ3) is 3.21. The molecule has 0 saturated carbocycles. The molecule has 1 aromatic carbocycles. The molecule has 0 saturated heterocycles. The molecule has 0 fully saturated rings. The van der Waals surface area contributed by atoms with Gasteiger partial charge in [-0.15, -0.1) is 0 Å². The lowest BCUT2D eigenvalue weighted by atomic mass is 9.97. The fraction of sp³-hybridized carbons (Fsp3) is 0.588. The summed E-state index contributed by atoms with van der Waals surface area (Å²) in [6, 6.07) is 7.73. The summed E-state index contributed by atoms with van der Waals surface area (Å²) in [5.74, 6) is 0.150. The van der Waals surface area contributed by atoms with Crippen molar-refractivity contribution in [3.8, 4) is 0 Å². The van der Waals surface area contributed by atoms with Gasteiger partial charge in [0.2, 0.25) is 5.91 Å². The van der Waals surface area contributed by atoms with Crippen LogP contribution in [0.15, 0.2) is 24.3 Å². The van der Waals surface area contributed by atoms with E-state index in [0.29, 0.717) is 6.42 Å². The van der Waals surface area contributed by atoms with Crippen LogP contribution in [0.5, 0.6) is 0 Å². The molecular formula is C17H25NO2. The van der Waals surface area contributed by atoms with Crippen LogP contribution in [0, 0.1) is 5.92 Å². The highest BCUT2D eigenvalue weighted by molar-refractivity contribution is 5.79. The van der Waals surface area contributed by atoms with E-state index in [1.165, 1.54) is 0 Å². The van der Waals surface area contributed by atoms with E-state index < -0.39 is 6.10 Å². The second-order valence-corrected chi connectivity index (χ2v) is 5.70. The minimum atomic E-state index is -0.500. The highest BCUT2D eigenvalue weighted by Gasteiger charge is 2.32. The molecule has 1 aromatic rings. The van der Waals surface area contributed by atoms with Crippen LogP contribution in [0.3, 0.4) is 0 Å². The number of carbonyl (C=O) groups excluding carboxylic acids is 1. The number of rotatable bonds is 6. The Labute approximate surface area is 121 Å². The Morgan fingerprint density at radius 2 is 2.15 bits per heavy atom. The van der Waals surface area contributed by atoms with E-state index in [0.717, 1.165) is 36.8 Å². The Bertz CT molecular complexity index is 458. The Hall–Kier alpha value is -1.35. The van der Waals surface area contributed by atoms with E-state index in [1.54, 1.807) is 0 Å². The normalized spacial score (nSPS) is 22.4. The lowest BCUT2D eigenvalue weighted by molar-refractivity contribution is -0.126. The summed E-state index contributed by atoms with van der Waals surface area (Å²) < 4.78 is 0. The van der Waals surface area contributed by atoms with Crippen LogP contribution >= 0.6 is 0 Å². The maximum Gasteiger partial charge on any atom is 0.223 e. The van der Waals surface area contributed by atoms with E-state index >= 15 is 0 Å². The fourth-order valence-electron chi connectivity index (χ4n) is 2.99. The molecule has 0 aromatic heterocycles. The van der Waals surface area contributed by atoms with E-state index in [9.17, 15) is 9.90 Å². The maximum absolute atomic E-state index is 12.4. The molecule has 1 aliphatic rings. The summed E-state index contributed by atoms with van der Waals surface area (Å²) in [7, 11) is 0. The zero-order chi connectivity index (χ0) is 14.5. The van der Waals surface area contributed by atoms with E-state index in [4.69, 9.17) is 0 Å². The first-order chi connectivity index (χ1) is 9.67. The number of aliphatic hydroxyl groups excluding tert-OH is 1. The molecule has 0 heterocycles. The van der Waals surface area contributed by atoms with Crippen LogP contribution in [0.4, 0.5) is 0 Å². The zero-order valence-corrected chi connectivity index (χ0v) is 12.4. The van der Waals surface area contributed by atoms with Crippen molar-refractivity contribution in [2.45, 2.75) is 58.1 Å². The van der Waals surface area contributed by atoms with E-state index in [-0.39, 0.29) is 17.9 Å². The lowest BCUT2D eigenvalue weighted by Gasteiger charge is -2.22. The van der Waals surface area contributed by atoms with Gasteiger partial charge in [-0.25, -0.2) is 0 Å². The number of aliphatic hydroxyl groups is 1. The maximum atomic E-state index is 12.4. The molecule has 3 nitrogen and oxygen atoms in total. The second kappa shape index (κ2) is 6.89. The Balaban J connectivity index is 2.04. The average Bonchev–Trinajstić information content (AvgIpc) is 2.76. The Morgan fingerprint density at radius 3 is 2.85 bits per heavy atom. The molecular weight excluding hydrogens is 250 g/mol. The monoisotopic (exact) mass is 275 g/mol. The van der Waals surface area contributed by atoms with Crippen LogP contribution in [0.2, 0.25) is 0 Å². The molecule has 3 heteroatoms. The molecule has 1 amide bonds. The van der Waals surface area contributed by atoms with E-state index in [2.05, 4.69) is 19.2 Å². The van der Waals surface area contributed by atoms with Crippen molar-refractivity contribution in [3.05, 3.63) is 35.4 Å². The number of carbonyl (C=O) groups is 1. The second-order valence-electron chi connectivity index (χ2n) is 5.70. The standard InChI is InChI=1S/C17H25NO2/c1-3-5-8-12(4-2)17(20)18-16-14-10-7-6-9-13(14)11-15(16)19/h6-7,9-10,12,15-16,19H,3-5,8,11H2,1-2H3,(H,18,20)/t12?,15-,16+/m0/s1. The molecule has 3 atom stereocenters. The summed E-state index contributed by atoms with van der Waals surface area (Å²) in [6.45, 7) is 4.19. The number of amides is 1. The Kier molecular flexibility index (Phi) is 5.18. The third-order valence-electron chi connectivity index (χ3n) is 4.27. The molecule has 0 spiro atoms. The van der Waals surface area contributed by atoms with Gasteiger partial charge in [-0.3, -0.25) is 4.79 Å². The van der Waals surface area contributed by atoms with E-state index in [1.807, 2.05) is 24.3 Å². The SMILES string of the molecule is CCCCC(CC)C(=O)N[C@@H]1c2ccccc2C[C@@H]1O. The van der Waals surface area contributed by atoms with Crippen LogP contribution in [-0.2, 0) is 11.2 Å². The summed E-state index contributed by atoms with van der Waals surface area (Å²) >= 11 is 0. The zero-order valence-electron chi connectivity index (χ0n) is 12.4. The number of benzene rings is 1.